The highest BCUT2D eigenvalue weighted by molar-refractivity contribution is 5.84. The average Bonchev–Trinajstić information content (AvgIpc) is 3.17. The van der Waals surface area contributed by atoms with Crippen LogP contribution in [0.25, 0.3) is 16.7 Å². The SMILES string of the molecule is CCOc1ccc(-n2c(C#N)nc3cc(N(C)c4ccc(CC)cc4)ccc32)cc1. The maximum absolute atomic E-state index is 9.66. The van der Waals surface area contributed by atoms with Gasteiger partial charge in [0.2, 0.25) is 5.82 Å². The third-order valence-electron chi connectivity index (χ3n) is 5.26. The molecule has 150 valence electrons. The Labute approximate surface area is 176 Å². The highest BCUT2D eigenvalue weighted by atomic mass is 16.5. The van der Waals surface area contributed by atoms with E-state index in [1.54, 1.807) is 0 Å². The minimum Gasteiger partial charge on any atom is -0.494 e. The van der Waals surface area contributed by atoms with Crippen molar-refractivity contribution in [1.82, 2.24) is 9.55 Å². The van der Waals surface area contributed by atoms with Gasteiger partial charge < -0.3 is 9.64 Å². The Bertz CT molecular complexity index is 1200. The van der Waals surface area contributed by atoms with E-state index in [9.17, 15) is 5.26 Å². The van der Waals surface area contributed by atoms with Crippen LogP contribution in [0.2, 0.25) is 0 Å². The Morgan fingerprint density at radius 3 is 2.30 bits per heavy atom. The number of anilines is 2. The van der Waals surface area contributed by atoms with Crippen LogP contribution >= 0.6 is 0 Å². The molecule has 0 spiro atoms. The number of nitriles is 1. The van der Waals surface area contributed by atoms with E-state index in [1.807, 2.05) is 54.9 Å². The zero-order valence-electron chi connectivity index (χ0n) is 17.5. The summed E-state index contributed by atoms with van der Waals surface area (Å²) in [6.45, 7) is 4.73. The summed E-state index contributed by atoms with van der Waals surface area (Å²) < 4.78 is 7.41. The molecule has 1 aromatic heterocycles. The van der Waals surface area contributed by atoms with Gasteiger partial charge in [-0.05, 0) is 73.5 Å². The van der Waals surface area contributed by atoms with E-state index < -0.39 is 0 Å². The van der Waals surface area contributed by atoms with Crippen molar-refractivity contribution in [1.29, 1.82) is 5.26 Å². The van der Waals surface area contributed by atoms with Crippen molar-refractivity contribution < 1.29 is 4.74 Å². The van der Waals surface area contributed by atoms with Gasteiger partial charge in [-0.1, -0.05) is 19.1 Å². The Hall–Kier alpha value is -3.78. The van der Waals surface area contributed by atoms with Crippen LogP contribution in [0.1, 0.15) is 25.2 Å². The molecule has 0 saturated heterocycles. The van der Waals surface area contributed by atoms with Gasteiger partial charge in [0.15, 0.2) is 0 Å². The van der Waals surface area contributed by atoms with Gasteiger partial charge in [-0.2, -0.15) is 5.26 Å². The van der Waals surface area contributed by atoms with Crippen LogP contribution in [-0.2, 0) is 6.42 Å². The second-order valence-corrected chi connectivity index (χ2v) is 7.06. The van der Waals surface area contributed by atoms with Crippen LogP contribution in [0.4, 0.5) is 11.4 Å². The van der Waals surface area contributed by atoms with Gasteiger partial charge in [0.25, 0.3) is 0 Å². The summed E-state index contributed by atoms with van der Waals surface area (Å²) in [6, 6.07) is 24.6. The Kier molecular flexibility index (Phi) is 5.40. The second kappa shape index (κ2) is 8.30. The molecule has 0 unspecified atom stereocenters. The monoisotopic (exact) mass is 396 g/mol. The molecule has 0 aliphatic rings. The quantitative estimate of drug-likeness (QED) is 0.424. The van der Waals surface area contributed by atoms with Crippen molar-refractivity contribution in [3.8, 4) is 17.5 Å². The fourth-order valence-electron chi connectivity index (χ4n) is 3.58. The predicted molar refractivity (Wildman–Crippen MR) is 121 cm³/mol. The normalized spacial score (nSPS) is 10.7. The van der Waals surface area contributed by atoms with Crippen LogP contribution in [0, 0.1) is 11.3 Å². The molecule has 4 rings (SSSR count). The Morgan fingerprint density at radius 1 is 0.967 bits per heavy atom. The number of aryl methyl sites for hydroxylation is 1. The first kappa shape index (κ1) is 19.5. The zero-order chi connectivity index (χ0) is 21.1. The van der Waals surface area contributed by atoms with Gasteiger partial charge in [0.05, 0.1) is 17.6 Å². The zero-order valence-corrected chi connectivity index (χ0v) is 17.5. The summed E-state index contributed by atoms with van der Waals surface area (Å²) in [7, 11) is 2.04. The Balaban J connectivity index is 1.73. The van der Waals surface area contributed by atoms with E-state index in [4.69, 9.17) is 4.74 Å². The Morgan fingerprint density at radius 2 is 1.67 bits per heavy atom. The lowest BCUT2D eigenvalue weighted by atomic mass is 10.1. The molecular weight excluding hydrogens is 372 g/mol. The first-order chi connectivity index (χ1) is 14.6. The van der Waals surface area contributed by atoms with E-state index in [0.29, 0.717) is 12.4 Å². The molecule has 0 atom stereocenters. The number of fused-ring (bicyclic) bond motifs is 1. The van der Waals surface area contributed by atoms with Crippen molar-refractivity contribution in [2.75, 3.05) is 18.6 Å². The summed E-state index contributed by atoms with van der Waals surface area (Å²) in [6.07, 6.45) is 1.02. The topological polar surface area (TPSA) is 54.1 Å². The van der Waals surface area contributed by atoms with Gasteiger partial charge in [0.1, 0.15) is 11.8 Å². The van der Waals surface area contributed by atoms with Gasteiger partial charge in [-0.25, -0.2) is 4.98 Å². The van der Waals surface area contributed by atoms with Crippen molar-refractivity contribution in [2.45, 2.75) is 20.3 Å². The van der Waals surface area contributed by atoms with Crippen molar-refractivity contribution >= 4 is 22.4 Å². The fourth-order valence-corrected chi connectivity index (χ4v) is 3.58. The van der Waals surface area contributed by atoms with E-state index in [2.05, 4.69) is 53.2 Å². The number of benzene rings is 3. The lowest BCUT2D eigenvalue weighted by molar-refractivity contribution is 0.340. The minimum absolute atomic E-state index is 0.362. The largest absolute Gasteiger partial charge is 0.494 e. The number of rotatable bonds is 6. The molecule has 3 aromatic carbocycles. The lowest BCUT2D eigenvalue weighted by Gasteiger charge is -2.20. The van der Waals surface area contributed by atoms with Crippen molar-refractivity contribution in [3.05, 3.63) is 78.1 Å². The van der Waals surface area contributed by atoms with Crippen molar-refractivity contribution in [2.24, 2.45) is 0 Å². The van der Waals surface area contributed by atoms with Gasteiger partial charge in [-0.3, -0.25) is 4.57 Å². The first-order valence-corrected chi connectivity index (χ1v) is 10.1. The highest BCUT2D eigenvalue weighted by Crippen LogP contribution is 2.29. The molecule has 0 aliphatic heterocycles. The van der Waals surface area contributed by atoms with E-state index in [0.717, 1.165) is 40.3 Å². The molecule has 5 nitrogen and oxygen atoms in total. The molecule has 0 amide bonds. The standard InChI is InChI=1S/C25H24N4O/c1-4-18-6-8-19(9-7-18)28(3)21-12-15-24-23(16-21)27-25(17-26)29(24)20-10-13-22(14-11-20)30-5-2/h6-16H,4-5H2,1-3H3. The summed E-state index contributed by atoms with van der Waals surface area (Å²) >= 11 is 0. The molecule has 30 heavy (non-hydrogen) atoms. The fraction of sp³-hybridized carbons (Fsp3) is 0.200. The molecular formula is C25H24N4O. The number of imidazole rings is 1. The van der Waals surface area contributed by atoms with Crippen LogP contribution in [0.5, 0.6) is 5.75 Å². The second-order valence-electron chi connectivity index (χ2n) is 7.06. The molecule has 1 heterocycles. The van der Waals surface area contributed by atoms with Gasteiger partial charge in [0, 0.05) is 24.1 Å². The smallest absolute Gasteiger partial charge is 0.218 e. The molecule has 5 heteroatoms. The van der Waals surface area contributed by atoms with Crippen LogP contribution in [-0.4, -0.2) is 23.2 Å². The molecule has 4 aromatic rings. The number of nitrogens with zero attached hydrogens (tertiary/aromatic N) is 4. The minimum atomic E-state index is 0.362. The first-order valence-electron chi connectivity index (χ1n) is 10.1. The maximum atomic E-state index is 9.66. The van der Waals surface area contributed by atoms with E-state index in [1.165, 1.54) is 5.56 Å². The third-order valence-corrected chi connectivity index (χ3v) is 5.26. The van der Waals surface area contributed by atoms with Gasteiger partial charge in [-0.15, -0.1) is 0 Å². The summed E-state index contributed by atoms with van der Waals surface area (Å²) in [4.78, 5) is 6.70. The number of hydrogen-bond donors (Lipinski definition) is 0. The summed E-state index contributed by atoms with van der Waals surface area (Å²) in [5.74, 6) is 1.17. The van der Waals surface area contributed by atoms with E-state index in [-0.39, 0.29) is 0 Å². The van der Waals surface area contributed by atoms with Crippen LogP contribution in [0.15, 0.2) is 66.7 Å². The highest BCUT2D eigenvalue weighted by Gasteiger charge is 2.14. The number of hydrogen-bond acceptors (Lipinski definition) is 4. The summed E-state index contributed by atoms with van der Waals surface area (Å²) in [5.41, 5.74) is 6.01. The molecule has 0 fully saturated rings. The average molecular weight is 396 g/mol. The lowest BCUT2D eigenvalue weighted by Crippen LogP contribution is -2.09. The molecule has 0 aliphatic carbocycles. The third kappa shape index (κ3) is 3.60. The van der Waals surface area contributed by atoms with Crippen molar-refractivity contribution in [3.63, 3.8) is 0 Å². The molecule has 0 N–H and O–H groups in total. The molecule has 0 saturated carbocycles. The predicted octanol–water partition coefficient (Wildman–Crippen LogP) is 5.63. The molecule has 0 bridgehead atoms. The maximum Gasteiger partial charge on any atom is 0.218 e. The molecule has 0 radical (unpaired) electrons. The number of aromatic nitrogens is 2. The van der Waals surface area contributed by atoms with Crippen LogP contribution < -0.4 is 9.64 Å². The van der Waals surface area contributed by atoms with Gasteiger partial charge >= 0.3 is 0 Å². The number of ether oxygens (including phenoxy) is 1. The van der Waals surface area contributed by atoms with Crippen LogP contribution in [0.3, 0.4) is 0 Å². The van der Waals surface area contributed by atoms with E-state index >= 15 is 0 Å². The summed E-state index contributed by atoms with van der Waals surface area (Å²) in [5, 5.41) is 9.66.